The SMILES string of the molecule is C=Cc1sc2ccc(C(C)C)cc2c1/C=C\C.CCc1ccccc1.Cc1ccc2c(c1)C(C(C)C)(C(C)C)c1cc(C)c3ccccc3c1-2.Cc1ccccc1.Cc1ccccc1. The second kappa shape index (κ2) is 23.3. The van der Waals surface area contributed by atoms with E-state index in [1.807, 2.05) is 59.9 Å². The highest BCUT2D eigenvalue weighted by molar-refractivity contribution is 7.20. The second-order valence-corrected chi connectivity index (χ2v) is 19.1. The van der Waals surface area contributed by atoms with E-state index in [0.717, 1.165) is 6.42 Å². The molecule has 9 rings (SSSR count). The summed E-state index contributed by atoms with van der Waals surface area (Å²) in [6.07, 6.45) is 7.37. The summed E-state index contributed by atoms with van der Waals surface area (Å²) >= 11 is 1.81. The first-order valence-corrected chi connectivity index (χ1v) is 24.1. The smallest absolute Gasteiger partial charge is 0.0355 e. The molecule has 1 aliphatic carbocycles. The van der Waals surface area contributed by atoms with Gasteiger partial charge in [-0.15, -0.1) is 11.3 Å². The molecule has 0 atom stereocenters. The molecule has 0 nitrogen and oxygen atoms in total. The van der Waals surface area contributed by atoms with E-state index in [9.17, 15) is 0 Å². The van der Waals surface area contributed by atoms with Crippen molar-refractivity contribution in [2.75, 3.05) is 0 Å². The molecule has 1 aromatic heterocycles. The van der Waals surface area contributed by atoms with Gasteiger partial charge >= 0.3 is 0 Å². The van der Waals surface area contributed by atoms with E-state index in [4.69, 9.17) is 0 Å². The Bertz CT molecular complexity index is 2680. The minimum Gasteiger partial charge on any atom is -0.135 e. The highest BCUT2D eigenvalue weighted by atomic mass is 32.1. The topological polar surface area (TPSA) is 0 Å². The monoisotopic (exact) mass is 861 g/mol. The van der Waals surface area contributed by atoms with Gasteiger partial charge in [0.1, 0.15) is 0 Å². The Kier molecular flexibility index (Phi) is 17.9. The summed E-state index contributed by atoms with van der Waals surface area (Å²) in [5.74, 6) is 1.68. The van der Waals surface area contributed by atoms with Gasteiger partial charge in [0.15, 0.2) is 0 Å². The minimum atomic E-state index is 0.0888. The van der Waals surface area contributed by atoms with Crippen LogP contribution in [-0.2, 0) is 11.8 Å². The highest BCUT2D eigenvalue weighted by Crippen LogP contribution is 2.58. The molecule has 0 saturated heterocycles. The van der Waals surface area contributed by atoms with Crippen LogP contribution in [0.5, 0.6) is 0 Å². The first-order chi connectivity index (χ1) is 30.8. The van der Waals surface area contributed by atoms with Crippen molar-refractivity contribution in [3.8, 4) is 11.1 Å². The zero-order valence-electron chi connectivity index (χ0n) is 40.8. The number of hydrogen-bond acceptors (Lipinski definition) is 1. The maximum absolute atomic E-state index is 3.90. The molecule has 0 N–H and O–H groups in total. The maximum Gasteiger partial charge on any atom is 0.0355 e. The number of benzene rings is 7. The maximum atomic E-state index is 3.90. The number of hydrogen-bond donors (Lipinski definition) is 0. The summed E-state index contributed by atoms with van der Waals surface area (Å²) in [6, 6.07) is 56.2. The average molecular weight is 861 g/mol. The molecule has 64 heavy (non-hydrogen) atoms. The van der Waals surface area contributed by atoms with Crippen LogP contribution >= 0.6 is 11.3 Å². The van der Waals surface area contributed by atoms with Crippen LogP contribution in [0.3, 0.4) is 0 Å². The summed E-state index contributed by atoms with van der Waals surface area (Å²) in [7, 11) is 0. The predicted molar refractivity (Wildman–Crippen MR) is 288 cm³/mol. The van der Waals surface area contributed by atoms with Crippen molar-refractivity contribution >= 4 is 44.3 Å². The van der Waals surface area contributed by atoms with Gasteiger partial charge in [-0.25, -0.2) is 0 Å². The summed E-state index contributed by atoms with van der Waals surface area (Å²) < 4.78 is 1.34. The van der Waals surface area contributed by atoms with Crippen LogP contribution in [0, 0.1) is 39.5 Å². The molecule has 330 valence electrons. The quantitative estimate of drug-likeness (QED) is 0.156. The van der Waals surface area contributed by atoms with Crippen LogP contribution < -0.4 is 0 Å². The lowest BCUT2D eigenvalue weighted by molar-refractivity contribution is 0.280. The van der Waals surface area contributed by atoms with Crippen molar-refractivity contribution < 1.29 is 0 Å². The first kappa shape index (κ1) is 49.3. The van der Waals surface area contributed by atoms with Gasteiger partial charge in [0.2, 0.25) is 0 Å². The average Bonchev–Trinajstić information content (AvgIpc) is 3.80. The Labute approximate surface area is 391 Å². The molecular formula is C63H72S. The molecule has 0 radical (unpaired) electrons. The summed E-state index contributed by atoms with van der Waals surface area (Å²) in [5.41, 5.74) is 15.6. The number of allylic oxidation sites excluding steroid dienone is 1. The molecular weight excluding hydrogens is 789 g/mol. The van der Waals surface area contributed by atoms with E-state index in [2.05, 4.69) is 217 Å². The Morgan fingerprint density at radius 2 is 1.11 bits per heavy atom. The van der Waals surface area contributed by atoms with E-state index in [1.54, 1.807) is 0 Å². The lowest BCUT2D eigenvalue weighted by Crippen LogP contribution is -2.37. The lowest BCUT2D eigenvalue weighted by atomic mass is 9.62. The van der Waals surface area contributed by atoms with Gasteiger partial charge < -0.3 is 0 Å². The van der Waals surface area contributed by atoms with Gasteiger partial charge in [-0.05, 0) is 126 Å². The standard InChI is InChI=1S/C25H28.C16H18S.C8H10.2C7H8/c1-15(2)25(16(3)4)22-13-17(5)11-12-21(22)24-20-10-8-7-9-19(20)18(6)14-23(24)25;1-5-7-13-14-10-12(11(3)4)8-9-16(14)17-15(13)6-2;1-2-8-6-4-3-5-7-8;2*1-7-5-3-2-4-6-7/h7-16H,1-6H3;5-11H,2H2,1,3-4H3;3-7H,2H2,1H3;2*2-6H,1H3/b;7-5-;;;. The van der Waals surface area contributed by atoms with Crippen LogP contribution in [0.25, 0.3) is 44.1 Å². The van der Waals surface area contributed by atoms with E-state index < -0.39 is 0 Å². The fourth-order valence-electron chi connectivity index (χ4n) is 9.23. The third-order valence-electron chi connectivity index (χ3n) is 12.5. The van der Waals surface area contributed by atoms with Crippen LogP contribution in [0.1, 0.15) is 116 Å². The Balaban J connectivity index is 0.000000169. The van der Waals surface area contributed by atoms with Crippen molar-refractivity contribution in [1.29, 1.82) is 0 Å². The molecule has 0 aliphatic heterocycles. The summed E-state index contributed by atoms with van der Waals surface area (Å²) in [5, 5.41) is 4.15. The zero-order valence-corrected chi connectivity index (χ0v) is 41.6. The molecule has 0 unspecified atom stereocenters. The van der Waals surface area contributed by atoms with Crippen molar-refractivity contribution in [2.24, 2.45) is 11.8 Å². The molecule has 0 saturated carbocycles. The molecule has 1 aliphatic rings. The number of fused-ring (bicyclic) bond motifs is 6. The largest absolute Gasteiger partial charge is 0.135 e. The van der Waals surface area contributed by atoms with E-state index in [-0.39, 0.29) is 5.41 Å². The molecule has 0 spiro atoms. The zero-order chi connectivity index (χ0) is 46.4. The summed E-state index contributed by atoms with van der Waals surface area (Å²) in [6.45, 7) is 30.8. The van der Waals surface area contributed by atoms with Crippen LogP contribution in [0.15, 0.2) is 170 Å². The molecule has 7 aromatic carbocycles. The molecule has 0 amide bonds. The number of rotatable bonds is 6. The Morgan fingerprint density at radius 3 is 1.58 bits per heavy atom. The van der Waals surface area contributed by atoms with Gasteiger partial charge in [0.05, 0.1) is 0 Å². The van der Waals surface area contributed by atoms with Crippen molar-refractivity contribution in [3.05, 3.63) is 225 Å². The molecule has 1 heteroatoms. The highest BCUT2D eigenvalue weighted by Gasteiger charge is 2.48. The fraction of sp³-hybridized carbons (Fsp3) is 0.270. The van der Waals surface area contributed by atoms with Crippen LogP contribution in [0.4, 0.5) is 0 Å². The fourth-order valence-corrected chi connectivity index (χ4v) is 10.3. The number of aryl methyl sites for hydroxylation is 5. The summed E-state index contributed by atoms with van der Waals surface area (Å²) in [4.78, 5) is 1.26. The van der Waals surface area contributed by atoms with Crippen LogP contribution in [-0.4, -0.2) is 0 Å². The van der Waals surface area contributed by atoms with Gasteiger partial charge in [-0.3, -0.25) is 0 Å². The molecule has 0 fully saturated rings. The Hall–Kier alpha value is -5.76. The second-order valence-electron chi connectivity index (χ2n) is 18.0. The van der Waals surface area contributed by atoms with Gasteiger partial charge in [0, 0.05) is 20.4 Å². The van der Waals surface area contributed by atoms with Gasteiger partial charge in [0.25, 0.3) is 0 Å². The lowest BCUT2D eigenvalue weighted by Gasteiger charge is -2.40. The first-order valence-electron chi connectivity index (χ1n) is 23.3. The minimum absolute atomic E-state index is 0.0888. The van der Waals surface area contributed by atoms with Gasteiger partial charge in [-0.1, -0.05) is 236 Å². The van der Waals surface area contributed by atoms with E-state index in [0.29, 0.717) is 17.8 Å². The number of thiophene rings is 1. The third-order valence-corrected chi connectivity index (χ3v) is 13.7. The van der Waals surface area contributed by atoms with Crippen molar-refractivity contribution in [1.82, 2.24) is 0 Å². The van der Waals surface area contributed by atoms with Crippen LogP contribution in [0.2, 0.25) is 0 Å². The normalized spacial score (nSPS) is 12.0. The molecule has 8 aromatic rings. The van der Waals surface area contributed by atoms with Gasteiger partial charge in [-0.2, -0.15) is 0 Å². The third kappa shape index (κ3) is 11.5. The van der Waals surface area contributed by atoms with Crippen molar-refractivity contribution in [2.45, 2.75) is 101 Å². The van der Waals surface area contributed by atoms with E-state index >= 15 is 0 Å². The predicted octanol–water partition coefficient (Wildman–Crippen LogP) is 19.0. The molecule has 1 heterocycles. The Morgan fingerprint density at radius 1 is 0.562 bits per heavy atom. The van der Waals surface area contributed by atoms with Crippen molar-refractivity contribution in [3.63, 3.8) is 0 Å². The molecule has 0 bridgehead atoms. The van der Waals surface area contributed by atoms with E-state index in [1.165, 1.54) is 86.9 Å².